The molecule has 0 aromatic carbocycles. The van der Waals surface area contributed by atoms with Gasteiger partial charge in [0.1, 0.15) is 0 Å². The predicted octanol–water partition coefficient (Wildman–Crippen LogP) is 7.17. The quantitative estimate of drug-likeness (QED) is 0.182. The van der Waals surface area contributed by atoms with Crippen molar-refractivity contribution in [3.63, 3.8) is 0 Å². The van der Waals surface area contributed by atoms with Crippen molar-refractivity contribution in [3.05, 3.63) is 24.7 Å². The number of halogens is 16. The molecule has 0 aromatic rings. The summed E-state index contributed by atoms with van der Waals surface area (Å²) in [6, 6.07) is 0. The molecule has 0 N–H and O–H groups in total. The standard InChI is InChI=1S/C16H14F16O2/c1-3-5-33-7-9(17,18)11(21,22)13(25,26)15(29,30)16(31,32)14(27,28)12(23,24)10(19,20)8-34-6-4-2/h3-6H,7-8H2,1-2H3. The molecule has 0 bridgehead atoms. The molecule has 34 heavy (non-hydrogen) atoms. The predicted molar refractivity (Wildman–Crippen MR) is 81.1 cm³/mol. The Morgan fingerprint density at radius 3 is 0.824 bits per heavy atom. The van der Waals surface area contributed by atoms with Gasteiger partial charge in [-0.3, -0.25) is 0 Å². The van der Waals surface area contributed by atoms with Crippen LogP contribution in [-0.2, 0) is 9.47 Å². The molecule has 0 fully saturated rings. The van der Waals surface area contributed by atoms with Crippen molar-refractivity contribution in [2.75, 3.05) is 13.2 Å². The highest BCUT2D eigenvalue weighted by Crippen LogP contribution is 2.63. The monoisotopic (exact) mass is 542 g/mol. The summed E-state index contributed by atoms with van der Waals surface area (Å²) < 4.78 is 224. The highest BCUT2D eigenvalue weighted by Gasteiger charge is 2.94. The Kier molecular flexibility index (Phi) is 8.97. The maximum absolute atomic E-state index is 13.6. The largest absolute Gasteiger partial charge is 0.495 e. The molecule has 0 rings (SSSR count). The molecule has 0 saturated heterocycles. The maximum Gasteiger partial charge on any atom is 0.385 e. The van der Waals surface area contributed by atoms with Crippen LogP contribution in [0.25, 0.3) is 0 Å². The van der Waals surface area contributed by atoms with Crippen LogP contribution in [0, 0.1) is 0 Å². The third kappa shape index (κ3) is 4.72. The number of rotatable bonds is 13. The van der Waals surface area contributed by atoms with Gasteiger partial charge in [-0.05, 0) is 13.8 Å². The number of ether oxygens (including phenoxy) is 2. The van der Waals surface area contributed by atoms with E-state index in [1.165, 1.54) is 0 Å². The SMILES string of the molecule is CC=COCC(F)(F)C(F)(F)C(F)(F)C(F)(F)C(F)(F)C(F)(F)C(F)(F)C(F)(F)COC=CC. The van der Waals surface area contributed by atoms with Gasteiger partial charge in [0, 0.05) is 0 Å². The van der Waals surface area contributed by atoms with E-state index in [2.05, 4.69) is 9.47 Å². The lowest BCUT2D eigenvalue weighted by atomic mass is 9.88. The minimum Gasteiger partial charge on any atom is -0.495 e. The molecule has 0 saturated carbocycles. The first-order valence-electron chi connectivity index (χ1n) is 8.35. The molecular weight excluding hydrogens is 528 g/mol. The van der Waals surface area contributed by atoms with Gasteiger partial charge in [0.05, 0.1) is 12.5 Å². The second-order valence-corrected chi connectivity index (χ2v) is 6.42. The first-order chi connectivity index (χ1) is 14.9. The Balaban J connectivity index is 6.57. The van der Waals surface area contributed by atoms with Crippen LogP contribution in [0.3, 0.4) is 0 Å². The molecule has 0 unspecified atom stereocenters. The molecule has 0 amide bonds. The lowest BCUT2D eigenvalue weighted by molar-refractivity contribution is -0.454. The van der Waals surface area contributed by atoms with Crippen LogP contribution in [-0.4, -0.2) is 60.6 Å². The molecule has 0 aliphatic rings. The van der Waals surface area contributed by atoms with Gasteiger partial charge in [-0.25, -0.2) is 0 Å². The van der Waals surface area contributed by atoms with Crippen molar-refractivity contribution in [1.82, 2.24) is 0 Å². The number of hydrogen-bond donors (Lipinski definition) is 0. The summed E-state index contributed by atoms with van der Waals surface area (Å²) in [5, 5.41) is 0. The van der Waals surface area contributed by atoms with Crippen molar-refractivity contribution >= 4 is 0 Å². The summed E-state index contributed by atoms with van der Waals surface area (Å²) in [6.07, 6.45) is 1.61. The van der Waals surface area contributed by atoms with Gasteiger partial charge in [-0.1, -0.05) is 12.2 Å². The van der Waals surface area contributed by atoms with E-state index in [4.69, 9.17) is 0 Å². The van der Waals surface area contributed by atoms with E-state index < -0.39 is 60.6 Å². The molecule has 0 aliphatic carbocycles. The smallest absolute Gasteiger partial charge is 0.385 e. The van der Waals surface area contributed by atoms with Crippen LogP contribution in [0.15, 0.2) is 24.7 Å². The summed E-state index contributed by atoms with van der Waals surface area (Å²) in [6.45, 7) is -3.81. The Labute approximate surface area is 180 Å². The molecule has 0 spiro atoms. The van der Waals surface area contributed by atoms with Gasteiger partial charge < -0.3 is 9.47 Å². The number of alkyl halides is 16. The fraction of sp³-hybridized carbons (Fsp3) is 0.750. The van der Waals surface area contributed by atoms with E-state index in [9.17, 15) is 70.2 Å². The second-order valence-electron chi connectivity index (χ2n) is 6.42. The zero-order chi connectivity index (χ0) is 27.7. The van der Waals surface area contributed by atoms with E-state index in [1.807, 2.05) is 0 Å². The normalized spacial score (nSPS) is 15.9. The minimum atomic E-state index is -8.46. The van der Waals surface area contributed by atoms with Gasteiger partial charge in [-0.15, -0.1) is 0 Å². The molecule has 0 atom stereocenters. The lowest BCUT2D eigenvalue weighted by Gasteiger charge is -2.43. The summed E-state index contributed by atoms with van der Waals surface area (Å²) in [5.41, 5.74) is 0. The Hall–Kier alpha value is -2.04. The number of allylic oxidation sites excluding steroid dienone is 2. The van der Waals surface area contributed by atoms with Crippen LogP contribution >= 0.6 is 0 Å². The summed E-state index contributed by atoms with van der Waals surface area (Å²) in [5.74, 6) is -61.6. The third-order valence-corrected chi connectivity index (χ3v) is 3.88. The third-order valence-electron chi connectivity index (χ3n) is 3.88. The molecule has 2 nitrogen and oxygen atoms in total. The van der Waals surface area contributed by atoms with Crippen molar-refractivity contribution in [3.8, 4) is 0 Å². The zero-order valence-electron chi connectivity index (χ0n) is 16.6. The summed E-state index contributed by atoms with van der Waals surface area (Å²) >= 11 is 0. The Bertz CT molecular complexity index is 679. The van der Waals surface area contributed by atoms with Gasteiger partial charge in [0.25, 0.3) is 0 Å². The average Bonchev–Trinajstić information content (AvgIpc) is 2.67. The summed E-state index contributed by atoms with van der Waals surface area (Å²) in [4.78, 5) is 0. The summed E-state index contributed by atoms with van der Waals surface area (Å²) in [7, 11) is 0. The molecular formula is C16H14F16O2. The van der Waals surface area contributed by atoms with Crippen molar-refractivity contribution < 1.29 is 79.7 Å². The van der Waals surface area contributed by atoms with Crippen LogP contribution < -0.4 is 0 Å². The van der Waals surface area contributed by atoms with Crippen molar-refractivity contribution in [2.45, 2.75) is 61.2 Å². The molecule has 0 aliphatic heterocycles. The topological polar surface area (TPSA) is 18.5 Å². The van der Waals surface area contributed by atoms with Crippen LogP contribution in [0.4, 0.5) is 70.2 Å². The van der Waals surface area contributed by atoms with Gasteiger partial charge in [0.2, 0.25) is 0 Å². The minimum absolute atomic E-state index is 0.126. The molecule has 202 valence electrons. The van der Waals surface area contributed by atoms with Crippen LogP contribution in [0.2, 0.25) is 0 Å². The average molecular weight is 542 g/mol. The van der Waals surface area contributed by atoms with Crippen molar-refractivity contribution in [1.29, 1.82) is 0 Å². The van der Waals surface area contributed by atoms with E-state index >= 15 is 0 Å². The first-order valence-corrected chi connectivity index (χ1v) is 8.35. The van der Waals surface area contributed by atoms with Gasteiger partial charge in [0.15, 0.2) is 13.2 Å². The lowest BCUT2D eigenvalue weighted by Crippen LogP contribution is -2.75. The molecule has 0 radical (unpaired) electrons. The van der Waals surface area contributed by atoms with Crippen molar-refractivity contribution in [2.24, 2.45) is 0 Å². The molecule has 0 heterocycles. The molecule has 18 heteroatoms. The van der Waals surface area contributed by atoms with Gasteiger partial charge >= 0.3 is 47.4 Å². The van der Waals surface area contributed by atoms with E-state index in [1.54, 1.807) is 0 Å². The zero-order valence-corrected chi connectivity index (χ0v) is 16.6. The second kappa shape index (κ2) is 9.54. The first kappa shape index (κ1) is 32.0. The van der Waals surface area contributed by atoms with E-state index in [0.717, 1.165) is 13.8 Å². The number of hydrogen-bond acceptors (Lipinski definition) is 2. The van der Waals surface area contributed by atoms with Gasteiger partial charge in [-0.2, -0.15) is 70.2 Å². The van der Waals surface area contributed by atoms with Crippen LogP contribution in [0.1, 0.15) is 13.8 Å². The maximum atomic E-state index is 13.6. The molecule has 0 aromatic heterocycles. The Morgan fingerprint density at radius 2 is 0.618 bits per heavy atom. The van der Waals surface area contributed by atoms with E-state index in [0.29, 0.717) is 12.2 Å². The fourth-order valence-electron chi connectivity index (χ4n) is 1.93. The highest BCUT2D eigenvalue weighted by molar-refractivity contribution is 5.16. The van der Waals surface area contributed by atoms with E-state index in [-0.39, 0.29) is 12.5 Å². The highest BCUT2D eigenvalue weighted by atomic mass is 19.4. The Morgan fingerprint density at radius 1 is 0.412 bits per heavy atom. The van der Waals surface area contributed by atoms with Crippen LogP contribution in [0.5, 0.6) is 0 Å². The fourth-order valence-corrected chi connectivity index (χ4v) is 1.93.